The highest BCUT2D eigenvalue weighted by molar-refractivity contribution is 7.89. The monoisotopic (exact) mass is 259 g/mol. The summed E-state index contributed by atoms with van der Waals surface area (Å²) in [6, 6.07) is 2.99. The van der Waals surface area contributed by atoms with Crippen LogP contribution in [0.5, 0.6) is 0 Å². The minimum Gasteiger partial charge on any atom is -0.399 e. The standard InChI is InChI=1S/C10H17N3O3S/c1-7-9(13(2)3-4-14)5-8(11)6-10(7)17(12,15)16/h5-6,14H,3-4,11H2,1-2H3,(H2,12,15,16). The van der Waals surface area contributed by atoms with Gasteiger partial charge in [-0.2, -0.15) is 0 Å². The summed E-state index contributed by atoms with van der Waals surface area (Å²) in [6.07, 6.45) is 0. The molecular formula is C10H17N3O3S. The molecule has 7 heteroatoms. The first kappa shape index (κ1) is 13.8. The number of primary sulfonamides is 1. The van der Waals surface area contributed by atoms with Gasteiger partial charge >= 0.3 is 0 Å². The highest BCUT2D eigenvalue weighted by Gasteiger charge is 2.17. The number of aliphatic hydroxyl groups excluding tert-OH is 1. The summed E-state index contributed by atoms with van der Waals surface area (Å²) in [5, 5.41) is 14.0. The average Bonchev–Trinajstić information content (AvgIpc) is 2.19. The normalized spacial score (nSPS) is 11.5. The predicted molar refractivity (Wildman–Crippen MR) is 67.3 cm³/mol. The summed E-state index contributed by atoms with van der Waals surface area (Å²) in [5.74, 6) is 0. The van der Waals surface area contributed by atoms with E-state index in [1.165, 1.54) is 6.07 Å². The van der Waals surface area contributed by atoms with Crippen LogP contribution in [0.1, 0.15) is 5.56 Å². The molecule has 0 heterocycles. The summed E-state index contributed by atoms with van der Waals surface area (Å²) in [5.41, 5.74) is 7.14. The van der Waals surface area contributed by atoms with E-state index in [4.69, 9.17) is 16.0 Å². The SMILES string of the molecule is Cc1c(N(C)CCO)cc(N)cc1S(N)(=O)=O. The molecule has 0 radical (unpaired) electrons. The Bertz CT molecular complexity index is 514. The molecule has 0 spiro atoms. The van der Waals surface area contributed by atoms with Crippen molar-refractivity contribution in [3.05, 3.63) is 17.7 Å². The maximum absolute atomic E-state index is 11.4. The zero-order valence-electron chi connectivity index (χ0n) is 9.84. The first-order valence-corrected chi connectivity index (χ1v) is 6.57. The van der Waals surface area contributed by atoms with E-state index in [0.29, 0.717) is 23.5 Å². The van der Waals surface area contributed by atoms with Gasteiger partial charge in [-0.15, -0.1) is 0 Å². The number of likely N-dealkylation sites (N-methyl/N-ethyl adjacent to an activating group) is 1. The lowest BCUT2D eigenvalue weighted by Crippen LogP contribution is -2.23. The Balaban J connectivity index is 3.39. The second-order valence-electron chi connectivity index (χ2n) is 3.85. The molecule has 0 aliphatic rings. The molecule has 0 saturated heterocycles. The molecule has 1 rings (SSSR count). The molecule has 0 aliphatic heterocycles. The van der Waals surface area contributed by atoms with Crippen LogP contribution < -0.4 is 15.8 Å². The molecular weight excluding hydrogens is 242 g/mol. The van der Waals surface area contributed by atoms with Gasteiger partial charge in [-0.05, 0) is 24.6 Å². The van der Waals surface area contributed by atoms with E-state index in [0.717, 1.165) is 0 Å². The molecule has 0 aliphatic carbocycles. The molecule has 0 aromatic heterocycles. The second kappa shape index (κ2) is 4.91. The fourth-order valence-electron chi connectivity index (χ4n) is 1.66. The molecule has 0 unspecified atom stereocenters. The molecule has 1 aromatic carbocycles. The number of hydrogen-bond donors (Lipinski definition) is 3. The zero-order valence-corrected chi connectivity index (χ0v) is 10.7. The minimum absolute atomic E-state index is 0.0114. The van der Waals surface area contributed by atoms with E-state index in [-0.39, 0.29) is 11.5 Å². The van der Waals surface area contributed by atoms with Gasteiger partial charge in [0.05, 0.1) is 11.5 Å². The molecule has 0 amide bonds. The van der Waals surface area contributed by atoms with Crippen LogP contribution in [0.4, 0.5) is 11.4 Å². The fourth-order valence-corrected chi connectivity index (χ4v) is 2.49. The quantitative estimate of drug-likeness (QED) is 0.640. The van der Waals surface area contributed by atoms with Gasteiger partial charge in [0.25, 0.3) is 0 Å². The molecule has 1 aromatic rings. The second-order valence-corrected chi connectivity index (χ2v) is 5.38. The highest BCUT2D eigenvalue weighted by Crippen LogP contribution is 2.28. The van der Waals surface area contributed by atoms with Gasteiger partial charge < -0.3 is 15.7 Å². The molecule has 0 atom stereocenters. The van der Waals surface area contributed by atoms with Crippen molar-refractivity contribution in [3.63, 3.8) is 0 Å². The highest BCUT2D eigenvalue weighted by atomic mass is 32.2. The summed E-state index contributed by atoms with van der Waals surface area (Å²) < 4.78 is 22.8. The number of rotatable bonds is 4. The molecule has 0 fully saturated rings. The first-order chi connectivity index (χ1) is 7.77. The van der Waals surface area contributed by atoms with Crippen molar-refractivity contribution in [2.75, 3.05) is 30.8 Å². The maximum Gasteiger partial charge on any atom is 0.238 e. The molecule has 5 N–H and O–H groups in total. The van der Waals surface area contributed by atoms with Crippen molar-refractivity contribution >= 4 is 21.4 Å². The number of anilines is 2. The Morgan fingerprint density at radius 1 is 1.41 bits per heavy atom. The summed E-state index contributed by atoms with van der Waals surface area (Å²) in [6.45, 7) is 2.01. The van der Waals surface area contributed by atoms with E-state index in [1.807, 2.05) is 0 Å². The van der Waals surface area contributed by atoms with Crippen LogP contribution in [0.3, 0.4) is 0 Å². The molecule has 17 heavy (non-hydrogen) atoms. The van der Waals surface area contributed by atoms with Gasteiger partial charge in [0, 0.05) is 25.0 Å². The number of nitrogens with zero attached hydrogens (tertiary/aromatic N) is 1. The predicted octanol–water partition coefficient (Wildman–Crippen LogP) is -0.347. The third-order valence-electron chi connectivity index (χ3n) is 2.51. The van der Waals surface area contributed by atoms with Crippen LogP contribution in [0, 0.1) is 6.92 Å². The van der Waals surface area contributed by atoms with Gasteiger partial charge in [-0.25, -0.2) is 13.6 Å². The van der Waals surface area contributed by atoms with Crippen molar-refractivity contribution in [2.24, 2.45) is 5.14 Å². The Labute approximate surface area is 101 Å². The first-order valence-electron chi connectivity index (χ1n) is 5.02. The average molecular weight is 259 g/mol. The molecule has 6 nitrogen and oxygen atoms in total. The smallest absolute Gasteiger partial charge is 0.238 e. The van der Waals surface area contributed by atoms with Gasteiger partial charge in [0.1, 0.15) is 0 Å². The van der Waals surface area contributed by atoms with Gasteiger partial charge in [-0.1, -0.05) is 0 Å². The van der Waals surface area contributed by atoms with Crippen LogP contribution in [-0.2, 0) is 10.0 Å². The third-order valence-corrected chi connectivity index (χ3v) is 3.55. The summed E-state index contributed by atoms with van der Waals surface area (Å²) in [4.78, 5) is 1.73. The minimum atomic E-state index is -3.80. The van der Waals surface area contributed by atoms with Crippen LogP contribution in [0.25, 0.3) is 0 Å². The van der Waals surface area contributed by atoms with Crippen LogP contribution in [-0.4, -0.2) is 33.7 Å². The van der Waals surface area contributed by atoms with E-state index in [2.05, 4.69) is 0 Å². The third kappa shape index (κ3) is 3.09. The number of benzene rings is 1. The number of sulfonamides is 1. The van der Waals surface area contributed by atoms with E-state index in [9.17, 15) is 8.42 Å². The van der Waals surface area contributed by atoms with Crippen molar-refractivity contribution < 1.29 is 13.5 Å². The van der Waals surface area contributed by atoms with Gasteiger partial charge in [0.2, 0.25) is 10.0 Å². The van der Waals surface area contributed by atoms with Crippen molar-refractivity contribution in [2.45, 2.75) is 11.8 Å². The van der Waals surface area contributed by atoms with Crippen LogP contribution >= 0.6 is 0 Å². The Morgan fingerprint density at radius 2 is 2.00 bits per heavy atom. The Kier molecular flexibility index (Phi) is 3.97. The van der Waals surface area contributed by atoms with E-state index >= 15 is 0 Å². The van der Waals surface area contributed by atoms with E-state index < -0.39 is 10.0 Å². The van der Waals surface area contributed by atoms with Crippen LogP contribution in [0.15, 0.2) is 17.0 Å². The van der Waals surface area contributed by atoms with Gasteiger partial charge in [0.15, 0.2) is 0 Å². The number of nitrogen functional groups attached to an aromatic ring is 1. The zero-order chi connectivity index (χ0) is 13.2. The van der Waals surface area contributed by atoms with Crippen LogP contribution in [0.2, 0.25) is 0 Å². The van der Waals surface area contributed by atoms with E-state index in [1.54, 1.807) is 24.9 Å². The number of hydrogen-bond acceptors (Lipinski definition) is 5. The van der Waals surface area contributed by atoms with Crippen molar-refractivity contribution in [1.82, 2.24) is 0 Å². The lowest BCUT2D eigenvalue weighted by atomic mass is 10.1. The number of nitrogens with two attached hydrogens (primary N) is 2. The lowest BCUT2D eigenvalue weighted by molar-refractivity contribution is 0.304. The number of aliphatic hydroxyl groups is 1. The Hall–Kier alpha value is -1.31. The van der Waals surface area contributed by atoms with Crippen molar-refractivity contribution in [1.29, 1.82) is 0 Å². The summed E-state index contributed by atoms with van der Waals surface area (Å²) >= 11 is 0. The maximum atomic E-state index is 11.4. The lowest BCUT2D eigenvalue weighted by Gasteiger charge is -2.22. The molecule has 0 saturated carbocycles. The molecule has 96 valence electrons. The summed E-state index contributed by atoms with van der Waals surface area (Å²) in [7, 11) is -2.06. The Morgan fingerprint density at radius 3 is 2.47 bits per heavy atom. The van der Waals surface area contributed by atoms with Gasteiger partial charge in [-0.3, -0.25) is 0 Å². The van der Waals surface area contributed by atoms with Crippen molar-refractivity contribution in [3.8, 4) is 0 Å². The largest absolute Gasteiger partial charge is 0.399 e. The topological polar surface area (TPSA) is 110 Å². The molecule has 0 bridgehead atoms. The fraction of sp³-hybridized carbons (Fsp3) is 0.400.